The van der Waals surface area contributed by atoms with Crippen LogP contribution in [0.25, 0.3) is 11.8 Å². The molecular weight excluding hydrogens is 226 g/mol. The predicted octanol–water partition coefficient (Wildman–Crippen LogP) is 0.943. The van der Waals surface area contributed by atoms with Gasteiger partial charge in [-0.25, -0.2) is 4.79 Å². The number of allylic oxidation sites excluding steroid dienone is 1. The molecule has 2 aliphatic heterocycles. The predicted molar refractivity (Wildman–Crippen MR) is 69.4 cm³/mol. The van der Waals surface area contributed by atoms with E-state index in [-0.39, 0.29) is 5.57 Å². The van der Waals surface area contributed by atoms with Gasteiger partial charge in [-0.15, -0.1) is 0 Å². The van der Waals surface area contributed by atoms with Gasteiger partial charge in [0.25, 0.3) is 0 Å². The molecule has 0 amide bonds. The standard InChI is InChI=1S/C15H11NO2/c17-15(18)12-7-8-14-13-6-2-1-4-11(13)5-3-9-16(14)10-12/h1-10H,(H,17,18). The summed E-state index contributed by atoms with van der Waals surface area (Å²) in [7, 11) is 0. The van der Waals surface area contributed by atoms with Crippen LogP contribution in [0.4, 0.5) is 0 Å². The third-order valence-electron chi connectivity index (χ3n) is 2.98. The molecule has 0 radical (unpaired) electrons. The average molecular weight is 237 g/mol. The molecule has 2 aliphatic rings. The van der Waals surface area contributed by atoms with Crippen LogP contribution in [0, 0.1) is 0 Å². The molecule has 0 saturated carbocycles. The number of carboxylic acids is 1. The molecule has 3 rings (SSSR count). The van der Waals surface area contributed by atoms with Crippen LogP contribution in [0.15, 0.2) is 60.5 Å². The van der Waals surface area contributed by atoms with E-state index in [1.807, 2.05) is 53.6 Å². The molecule has 0 unspecified atom stereocenters. The zero-order valence-corrected chi connectivity index (χ0v) is 9.58. The van der Waals surface area contributed by atoms with Crippen molar-refractivity contribution in [3.05, 3.63) is 70.9 Å². The molecule has 0 aliphatic carbocycles. The maximum atomic E-state index is 11.0. The lowest BCUT2D eigenvalue weighted by Crippen LogP contribution is -2.29. The van der Waals surface area contributed by atoms with Crippen molar-refractivity contribution >= 4 is 17.7 Å². The molecule has 88 valence electrons. The van der Waals surface area contributed by atoms with Gasteiger partial charge in [0.2, 0.25) is 0 Å². The molecule has 1 aromatic rings. The number of hydrogen-bond acceptors (Lipinski definition) is 2. The van der Waals surface area contributed by atoms with Crippen LogP contribution in [0.5, 0.6) is 0 Å². The Morgan fingerprint density at radius 3 is 2.83 bits per heavy atom. The topological polar surface area (TPSA) is 40.5 Å². The van der Waals surface area contributed by atoms with Crippen molar-refractivity contribution in [2.24, 2.45) is 0 Å². The number of benzene rings is 1. The second kappa shape index (κ2) is 4.04. The Morgan fingerprint density at radius 2 is 2.00 bits per heavy atom. The van der Waals surface area contributed by atoms with Gasteiger partial charge in [-0.3, -0.25) is 0 Å². The van der Waals surface area contributed by atoms with E-state index < -0.39 is 5.97 Å². The number of hydrogen-bond donors (Lipinski definition) is 1. The van der Waals surface area contributed by atoms with E-state index in [2.05, 4.69) is 0 Å². The Kier molecular flexibility index (Phi) is 2.38. The quantitative estimate of drug-likeness (QED) is 0.790. The summed E-state index contributed by atoms with van der Waals surface area (Å²) in [6.45, 7) is 0. The summed E-state index contributed by atoms with van der Waals surface area (Å²) < 4.78 is 0. The molecule has 0 aromatic heterocycles. The van der Waals surface area contributed by atoms with E-state index in [1.54, 1.807) is 12.3 Å². The summed E-state index contributed by atoms with van der Waals surface area (Å²) in [6, 6.07) is 8.05. The Bertz CT molecular complexity index is 723. The normalized spacial score (nSPS) is 16.3. The lowest BCUT2D eigenvalue weighted by Gasteiger charge is -2.20. The van der Waals surface area contributed by atoms with Gasteiger partial charge in [0.1, 0.15) is 0 Å². The number of nitrogens with zero attached hydrogens (tertiary/aromatic N) is 1. The molecule has 1 N–H and O–H groups in total. The number of fused-ring (bicyclic) bond motifs is 2. The van der Waals surface area contributed by atoms with Gasteiger partial charge in [0.05, 0.1) is 11.3 Å². The van der Waals surface area contributed by atoms with Gasteiger partial charge in [-0.2, -0.15) is 0 Å². The molecule has 0 spiro atoms. The SMILES string of the molecule is O=C(O)C1=CN2C=CC=c3ccccc3=C2C=C1. The van der Waals surface area contributed by atoms with E-state index in [4.69, 9.17) is 5.11 Å². The Hall–Kier alpha value is -2.55. The van der Waals surface area contributed by atoms with Crippen LogP contribution < -0.4 is 10.4 Å². The highest BCUT2D eigenvalue weighted by Gasteiger charge is 2.14. The Balaban J connectivity index is 2.26. The fourth-order valence-corrected chi connectivity index (χ4v) is 2.11. The zero-order valence-electron chi connectivity index (χ0n) is 9.58. The van der Waals surface area contributed by atoms with Crippen LogP contribution in [-0.4, -0.2) is 16.0 Å². The number of aliphatic carboxylic acids is 1. The summed E-state index contributed by atoms with van der Waals surface area (Å²) in [6.07, 6.45) is 10.9. The average Bonchev–Trinajstić information content (AvgIpc) is 2.57. The molecule has 0 atom stereocenters. The smallest absolute Gasteiger partial charge is 0.337 e. The summed E-state index contributed by atoms with van der Waals surface area (Å²) in [5.74, 6) is -0.916. The van der Waals surface area contributed by atoms with E-state index in [0.29, 0.717) is 0 Å². The molecule has 3 nitrogen and oxygen atoms in total. The number of carbonyl (C=O) groups is 1. The largest absolute Gasteiger partial charge is 0.478 e. The number of carboxylic acid groups (broad SMARTS) is 1. The van der Waals surface area contributed by atoms with Gasteiger partial charge in [-0.1, -0.05) is 30.3 Å². The molecule has 18 heavy (non-hydrogen) atoms. The maximum absolute atomic E-state index is 11.0. The first-order valence-electron chi connectivity index (χ1n) is 5.65. The van der Waals surface area contributed by atoms with E-state index in [9.17, 15) is 4.79 Å². The third kappa shape index (κ3) is 1.66. The van der Waals surface area contributed by atoms with Gasteiger partial charge in [0.15, 0.2) is 0 Å². The summed E-state index contributed by atoms with van der Waals surface area (Å²) in [5.41, 5.74) is 1.27. The first kappa shape index (κ1) is 10.6. The van der Waals surface area contributed by atoms with Gasteiger partial charge in [-0.05, 0) is 23.4 Å². The highest BCUT2D eigenvalue weighted by atomic mass is 16.4. The van der Waals surface area contributed by atoms with Crippen LogP contribution in [0.1, 0.15) is 0 Å². The molecule has 3 heteroatoms. The minimum atomic E-state index is -0.916. The van der Waals surface area contributed by atoms with Crippen molar-refractivity contribution in [3.8, 4) is 0 Å². The Labute approximate surface area is 104 Å². The van der Waals surface area contributed by atoms with Crippen molar-refractivity contribution in [1.29, 1.82) is 0 Å². The van der Waals surface area contributed by atoms with Crippen LogP contribution in [-0.2, 0) is 4.79 Å². The molecular formula is C15H11NO2. The minimum absolute atomic E-state index is 0.280. The van der Waals surface area contributed by atoms with Crippen molar-refractivity contribution in [2.75, 3.05) is 0 Å². The molecule has 1 aromatic carbocycles. The number of rotatable bonds is 1. The highest BCUT2D eigenvalue weighted by molar-refractivity contribution is 5.91. The summed E-state index contributed by atoms with van der Waals surface area (Å²) >= 11 is 0. The molecule has 0 saturated heterocycles. The third-order valence-corrected chi connectivity index (χ3v) is 2.98. The second-order valence-electron chi connectivity index (χ2n) is 4.11. The molecule has 0 bridgehead atoms. The zero-order chi connectivity index (χ0) is 12.5. The van der Waals surface area contributed by atoms with E-state index in [1.165, 1.54) is 0 Å². The monoisotopic (exact) mass is 237 g/mol. The van der Waals surface area contributed by atoms with Gasteiger partial charge < -0.3 is 10.0 Å². The van der Waals surface area contributed by atoms with Crippen molar-refractivity contribution in [3.63, 3.8) is 0 Å². The second-order valence-corrected chi connectivity index (χ2v) is 4.11. The Morgan fingerprint density at radius 1 is 1.17 bits per heavy atom. The summed E-state index contributed by atoms with van der Waals surface area (Å²) in [5, 5.41) is 11.2. The van der Waals surface area contributed by atoms with Crippen LogP contribution >= 0.6 is 0 Å². The fraction of sp³-hybridized carbons (Fsp3) is 0. The maximum Gasteiger partial charge on any atom is 0.337 e. The minimum Gasteiger partial charge on any atom is -0.478 e. The van der Waals surface area contributed by atoms with Crippen LogP contribution in [0.2, 0.25) is 0 Å². The molecule has 2 heterocycles. The van der Waals surface area contributed by atoms with Crippen molar-refractivity contribution in [2.45, 2.75) is 0 Å². The molecule has 0 fully saturated rings. The van der Waals surface area contributed by atoms with Crippen molar-refractivity contribution in [1.82, 2.24) is 4.90 Å². The van der Waals surface area contributed by atoms with E-state index in [0.717, 1.165) is 16.1 Å². The summed E-state index contributed by atoms with van der Waals surface area (Å²) in [4.78, 5) is 12.8. The highest BCUT2D eigenvalue weighted by Crippen LogP contribution is 2.18. The van der Waals surface area contributed by atoms with Gasteiger partial charge in [0, 0.05) is 17.6 Å². The van der Waals surface area contributed by atoms with Crippen molar-refractivity contribution < 1.29 is 9.90 Å². The fourth-order valence-electron chi connectivity index (χ4n) is 2.11. The van der Waals surface area contributed by atoms with Crippen LogP contribution in [0.3, 0.4) is 0 Å². The lowest BCUT2D eigenvalue weighted by molar-refractivity contribution is -0.132. The van der Waals surface area contributed by atoms with Gasteiger partial charge >= 0.3 is 5.97 Å². The van der Waals surface area contributed by atoms with E-state index >= 15 is 0 Å². The first-order chi connectivity index (χ1) is 8.75. The lowest BCUT2D eigenvalue weighted by atomic mass is 10.1. The first-order valence-corrected chi connectivity index (χ1v) is 5.65.